The molecule has 0 aliphatic heterocycles. The Morgan fingerprint density at radius 3 is 1.61 bits per heavy atom. The Balaban J connectivity index is 1.71. The molecule has 0 heterocycles. The number of hydrogen-bond acceptors (Lipinski definition) is 12. The molecule has 0 aliphatic carbocycles. The van der Waals surface area contributed by atoms with Crippen LogP contribution in [0.4, 0.5) is 0 Å². The van der Waals surface area contributed by atoms with E-state index in [0.717, 1.165) is 11.1 Å². The Labute approximate surface area is 410 Å². The van der Waals surface area contributed by atoms with Gasteiger partial charge < -0.3 is 63.0 Å². The van der Waals surface area contributed by atoms with Crippen molar-refractivity contribution in [2.45, 2.75) is 108 Å². The molecule has 71 heavy (non-hydrogen) atoms. The number of carboxylic acid groups (broad SMARTS) is 2. The molecule has 384 valence electrons. The van der Waals surface area contributed by atoms with Crippen LogP contribution in [0.2, 0.25) is 0 Å². The smallest absolute Gasteiger partial charge is 0.303 e. The highest BCUT2D eigenvalue weighted by atomic mass is 16.5. The largest absolute Gasteiger partial charge is 0.493 e. The van der Waals surface area contributed by atoms with Gasteiger partial charge in [-0.1, -0.05) is 74.5 Å². The van der Waals surface area contributed by atoms with E-state index >= 15 is 0 Å². The summed E-state index contributed by atoms with van der Waals surface area (Å²) in [6.45, 7) is 3.55. The zero-order valence-electron chi connectivity index (χ0n) is 39.8. The molecule has 6 atom stereocenters. The van der Waals surface area contributed by atoms with Crippen LogP contribution >= 0.6 is 0 Å². The second-order valence-corrected chi connectivity index (χ2v) is 17.0. The Hall–Kier alpha value is -7.88. The molecule has 12 N–H and O–H groups in total. The fraction of sp³-hybridized carbons (Fsp3) is 0.429. The van der Waals surface area contributed by atoms with Gasteiger partial charge in [-0.05, 0) is 80.3 Å². The van der Waals surface area contributed by atoms with Gasteiger partial charge in [0, 0.05) is 24.8 Å². The molecular formula is C49H64N8O14. The van der Waals surface area contributed by atoms with Crippen LogP contribution < -0.4 is 47.7 Å². The van der Waals surface area contributed by atoms with E-state index in [9.17, 15) is 63.3 Å². The second kappa shape index (κ2) is 29.9. The summed E-state index contributed by atoms with van der Waals surface area (Å²) in [4.78, 5) is 128. The number of rotatable bonds is 31. The lowest BCUT2D eigenvalue weighted by atomic mass is 10.00. The maximum Gasteiger partial charge on any atom is 0.303 e. The number of benzene rings is 3. The van der Waals surface area contributed by atoms with Gasteiger partial charge in [0.25, 0.3) is 5.91 Å². The van der Waals surface area contributed by atoms with Crippen molar-refractivity contribution in [3.05, 3.63) is 102 Å². The van der Waals surface area contributed by atoms with Crippen molar-refractivity contribution in [1.29, 1.82) is 0 Å². The highest BCUT2D eigenvalue weighted by Gasteiger charge is 2.33. The molecule has 3 aromatic rings. The van der Waals surface area contributed by atoms with Crippen molar-refractivity contribution < 1.29 is 68.0 Å². The number of amides is 8. The summed E-state index contributed by atoms with van der Waals surface area (Å²) in [5.41, 5.74) is 7.60. The number of carbonyl (C=O) groups excluding carboxylic acids is 8. The lowest BCUT2D eigenvalue weighted by molar-refractivity contribution is -0.139. The van der Waals surface area contributed by atoms with Gasteiger partial charge in [0.2, 0.25) is 41.4 Å². The van der Waals surface area contributed by atoms with Crippen molar-refractivity contribution in [1.82, 2.24) is 37.2 Å². The van der Waals surface area contributed by atoms with Crippen LogP contribution in [-0.4, -0.2) is 131 Å². The minimum absolute atomic E-state index is 0.0240. The zero-order chi connectivity index (χ0) is 52.5. The number of primary amides is 1. The Kier molecular flexibility index (Phi) is 24.2. The van der Waals surface area contributed by atoms with Gasteiger partial charge in [-0.25, -0.2) is 0 Å². The van der Waals surface area contributed by atoms with Crippen molar-refractivity contribution in [2.24, 2.45) is 11.7 Å². The third-order valence-electron chi connectivity index (χ3n) is 10.7. The summed E-state index contributed by atoms with van der Waals surface area (Å²) >= 11 is 0. The second-order valence-electron chi connectivity index (χ2n) is 17.0. The number of nitrogens with two attached hydrogens (primary N) is 1. The summed E-state index contributed by atoms with van der Waals surface area (Å²) in [7, 11) is 0. The number of hydrogen-bond donors (Lipinski definition) is 11. The average Bonchev–Trinajstić information content (AvgIpc) is 3.33. The predicted octanol–water partition coefficient (Wildman–Crippen LogP) is -0.147. The number of aliphatic hydroxyl groups excluding tert-OH is 1. The Morgan fingerprint density at radius 2 is 1.04 bits per heavy atom. The first-order valence-corrected chi connectivity index (χ1v) is 23.0. The topological polar surface area (TPSA) is 351 Å². The van der Waals surface area contributed by atoms with Crippen LogP contribution in [0.25, 0.3) is 0 Å². The van der Waals surface area contributed by atoms with Crippen LogP contribution in [0.5, 0.6) is 5.75 Å². The summed E-state index contributed by atoms with van der Waals surface area (Å²) in [5, 5.41) is 45.6. The van der Waals surface area contributed by atoms with Crippen LogP contribution in [0.3, 0.4) is 0 Å². The average molecular weight is 989 g/mol. The monoisotopic (exact) mass is 988 g/mol. The van der Waals surface area contributed by atoms with E-state index in [1.165, 1.54) is 19.1 Å². The highest BCUT2D eigenvalue weighted by Crippen LogP contribution is 2.16. The molecule has 3 rings (SSSR count). The maximum absolute atomic E-state index is 14.0. The molecule has 0 aliphatic rings. The number of aliphatic hydroxyl groups is 1. The van der Waals surface area contributed by atoms with E-state index in [2.05, 4.69) is 37.2 Å². The summed E-state index contributed by atoms with van der Waals surface area (Å²) in [6.07, 6.45) is -1.13. The molecule has 22 nitrogen and oxygen atoms in total. The van der Waals surface area contributed by atoms with Gasteiger partial charge >= 0.3 is 11.9 Å². The standard InChI is InChI=1S/C49H64N8O14/c1-29(2)26-38(56-49(70)39(28-58)57-46(67)36(21-23-42(62)63)53-40(59)27-51-44(65)30(3)52-45(66)33-12-8-5-9-13-33)48(69)55-37(47(68)54-35(43(50)64)20-22-41(60)61)19-16-32-14-17-34(18-15-32)71-25-24-31-10-6-4-7-11-31/h4-15,17-18,29-30,35-39,58H,16,19-28H2,1-3H3,(H2,50,64)(H,51,65)(H,52,66)(H,53,59)(H,54,68)(H,55,69)(H,56,70)(H,57,67)(H,60,61)(H,62,63)/t30-,35-,36-,37-,38-,39-/m0/s1. The van der Waals surface area contributed by atoms with Crippen LogP contribution in [0.1, 0.15) is 80.8 Å². The number of carbonyl (C=O) groups is 10. The molecule has 22 heteroatoms. The van der Waals surface area contributed by atoms with Gasteiger partial charge in [-0.3, -0.25) is 47.9 Å². The molecule has 3 aromatic carbocycles. The van der Waals surface area contributed by atoms with E-state index in [0.29, 0.717) is 24.3 Å². The first-order chi connectivity index (χ1) is 33.8. The van der Waals surface area contributed by atoms with Crippen molar-refractivity contribution in [3.8, 4) is 5.75 Å². The molecule has 0 fully saturated rings. The van der Waals surface area contributed by atoms with Gasteiger partial charge in [-0.15, -0.1) is 0 Å². The molecule has 0 saturated heterocycles. The van der Waals surface area contributed by atoms with Crippen LogP contribution in [0.15, 0.2) is 84.9 Å². The summed E-state index contributed by atoms with van der Waals surface area (Å²) in [5.74, 6) is -9.40. The van der Waals surface area contributed by atoms with E-state index < -0.39 is 128 Å². The SMILES string of the molecule is CC(C)C[C@H](NC(=O)[C@H](CO)NC(=O)[C@H](CCC(=O)O)NC(=O)CNC(=O)[C@H](C)NC(=O)c1ccccc1)C(=O)N[C@@H](CCc1ccc(OCCc2ccccc2)cc1)C(=O)N[C@@H](CCC(=O)O)C(N)=O. The Morgan fingerprint density at radius 1 is 0.549 bits per heavy atom. The Bertz CT molecular complexity index is 2280. The first-order valence-electron chi connectivity index (χ1n) is 23.0. The third-order valence-corrected chi connectivity index (χ3v) is 10.7. The van der Waals surface area contributed by atoms with Gasteiger partial charge in [0.1, 0.15) is 42.0 Å². The normalized spacial score (nSPS) is 13.4. The molecule has 0 saturated carbocycles. The molecular weight excluding hydrogens is 925 g/mol. The lowest BCUT2D eigenvalue weighted by Gasteiger charge is -2.27. The van der Waals surface area contributed by atoms with Gasteiger partial charge in [-0.2, -0.15) is 0 Å². The van der Waals surface area contributed by atoms with Crippen LogP contribution in [-0.2, 0) is 56.0 Å². The molecule has 0 unspecified atom stereocenters. The lowest BCUT2D eigenvalue weighted by Crippen LogP contribution is -2.60. The molecule has 0 radical (unpaired) electrons. The summed E-state index contributed by atoms with van der Waals surface area (Å²) < 4.78 is 5.87. The third kappa shape index (κ3) is 21.5. The minimum Gasteiger partial charge on any atom is -0.493 e. The number of nitrogens with one attached hydrogen (secondary N) is 7. The first kappa shape index (κ1) is 57.4. The fourth-order valence-electron chi connectivity index (χ4n) is 6.84. The number of ether oxygens (including phenoxy) is 1. The van der Waals surface area contributed by atoms with Crippen molar-refractivity contribution in [3.63, 3.8) is 0 Å². The molecule has 0 spiro atoms. The molecule has 0 bridgehead atoms. The quantitative estimate of drug-likeness (QED) is 0.0400. The van der Waals surface area contributed by atoms with Gasteiger partial charge in [0.15, 0.2) is 0 Å². The van der Waals surface area contributed by atoms with E-state index in [1.54, 1.807) is 56.3 Å². The molecule has 0 aromatic heterocycles. The number of aliphatic carboxylic acids is 2. The highest BCUT2D eigenvalue weighted by molar-refractivity contribution is 5.99. The van der Waals surface area contributed by atoms with Crippen LogP contribution in [0, 0.1) is 5.92 Å². The number of aryl methyl sites for hydroxylation is 1. The van der Waals surface area contributed by atoms with Crippen molar-refractivity contribution in [2.75, 3.05) is 19.8 Å². The maximum atomic E-state index is 14.0. The van der Waals surface area contributed by atoms with E-state index in [4.69, 9.17) is 10.5 Å². The fourth-order valence-corrected chi connectivity index (χ4v) is 6.84. The van der Waals surface area contributed by atoms with E-state index in [1.807, 2.05) is 30.3 Å². The number of carboxylic acids is 2. The summed E-state index contributed by atoms with van der Waals surface area (Å²) in [6, 6.07) is 16.3. The zero-order valence-corrected chi connectivity index (χ0v) is 39.8. The van der Waals surface area contributed by atoms with Crippen molar-refractivity contribution >= 4 is 59.2 Å². The van der Waals surface area contributed by atoms with E-state index in [-0.39, 0.29) is 31.6 Å². The predicted molar refractivity (Wildman–Crippen MR) is 256 cm³/mol. The molecule has 8 amide bonds. The minimum atomic E-state index is -1.75. The van der Waals surface area contributed by atoms with Gasteiger partial charge in [0.05, 0.1) is 19.8 Å².